The first-order valence-corrected chi connectivity index (χ1v) is 3.63. The Morgan fingerprint density at radius 3 is 1.55 bits per heavy atom. The average Bonchev–Trinajstić information content (AvgIpc) is 1.56. The van der Waals surface area contributed by atoms with Gasteiger partial charge in [-0.1, -0.05) is 34.8 Å². The van der Waals surface area contributed by atoms with E-state index < -0.39 is 16.0 Å². The van der Waals surface area contributed by atoms with Gasteiger partial charge in [-0.2, -0.15) is 13.2 Å². The van der Waals surface area contributed by atoms with E-state index in [1.807, 2.05) is 5.32 Å². The fourth-order valence-corrected chi connectivity index (χ4v) is 1.21. The minimum absolute atomic E-state index is 1.07. The first-order valence-electron chi connectivity index (χ1n) is 2.50. The van der Waals surface area contributed by atoms with Crippen molar-refractivity contribution in [3.63, 3.8) is 0 Å². The number of hydrogen-bond acceptors (Lipinski definition) is 1. The monoisotopic (exact) mass is 229 g/mol. The van der Waals surface area contributed by atoms with Crippen LogP contribution in [0.25, 0.3) is 0 Å². The second kappa shape index (κ2) is 3.56. The predicted molar refractivity (Wildman–Crippen MR) is 39.2 cm³/mol. The van der Waals surface area contributed by atoms with Gasteiger partial charge in [0.25, 0.3) is 0 Å². The third kappa shape index (κ3) is 3.69. The van der Waals surface area contributed by atoms with Gasteiger partial charge in [0.05, 0.1) is 0 Å². The number of nitrogens with one attached hydrogen (secondary N) is 1. The highest BCUT2D eigenvalue weighted by atomic mass is 35.6. The maximum Gasteiger partial charge on any atom is 0.408 e. The molecule has 68 valence electrons. The third-order valence-corrected chi connectivity index (χ3v) is 1.60. The van der Waals surface area contributed by atoms with Gasteiger partial charge in [0, 0.05) is 0 Å². The molecule has 0 radical (unpaired) electrons. The van der Waals surface area contributed by atoms with Crippen LogP contribution >= 0.6 is 34.8 Å². The molecule has 0 aliphatic carbocycles. The van der Waals surface area contributed by atoms with E-state index in [-0.39, 0.29) is 0 Å². The lowest BCUT2D eigenvalue weighted by molar-refractivity contribution is -0.153. The molecule has 0 heterocycles. The molecule has 0 rings (SSSR count). The molecule has 0 fully saturated rings. The van der Waals surface area contributed by atoms with Crippen molar-refractivity contribution in [1.29, 1.82) is 0 Å². The molecule has 0 amide bonds. The summed E-state index contributed by atoms with van der Waals surface area (Å²) in [5, 5.41) is 1.86. The third-order valence-electron chi connectivity index (χ3n) is 0.943. The zero-order chi connectivity index (χ0) is 9.28. The molecule has 1 atom stereocenters. The summed E-state index contributed by atoms with van der Waals surface area (Å²) in [5.41, 5.74) is 0. The van der Waals surface area contributed by atoms with E-state index in [1.54, 1.807) is 0 Å². The van der Waals surface area contributed by atoms with Crippen LogP contribution in [0.15, 0.2) is 0 Å². The molecule has 1 unspecified atom stereocenters. The maximum atomic E-state index is 11.9. The number of rotatable bonds is 1. The van der Waals surface area contributed by atoms with Gasteiger partial charge < -0.3 is 5.32 Å². The summed E-state index contributed by atoms with van der Waals surface area (Å²) in [6.45, 7) is 0. The fourth-order valence-electron chi connectivity index (χ4n) is 0.513. The topological polar surface area (TPSA) is 12.0 Å². The van der Waals surface area contributed by atoms with Crippen LogP contribution in [0.5, 0.6) is 0 Å². The zero-order valence-corrected chi connectivity index (χ0v) is 7.61. The Labute approximate surface area is 76.8 Å². The van der Waals surface area contributed by atoms with Crippen molar-refractivity contribution in [3.05, 3.63) is 0 Å². The van der Waals surface area contributed by atoms with Crippen LogP contribution in [0.2, 0.25) is 0 Å². The molecule has 11 heavy (non-hydrogen) atoms. The highest BCUT2D eigenvalue weighted by Gasteiger charge is 2.50. The molecule has 0 aromatic heterocycles. The van der Waals surface area contributed by atoms with Gasteiger partial charge in [-0.3, -0.25) is 0 Å². The van der Waals surface area contributed by atoms with Crippen LogP contribution in [-0.2, 0) is 0 Å². The van der Waals surface area contributed by atoms with Gasteiger partial charge in [-0.15, -0.1) is 0 Å². The molecule has 0 aromatic rings. The van der Waals surface area contributed by atoms with Gasteiger partial charge in [0.1, 0.15) is 0 Å². The molecule has 1 nitrogen and oxygen atoms in total. The van der Waals surface area contributed by atoms with E-state index in [1.165, 1.54) is 0 Å². The molecule has 0 aliphatic rings. The van der Waals surface area contributed by atoms with Crippen molar-refractivity contribution in [2.24, 2.45) is 0 Å². The molecular weight excluding hydrogens is 225 g/mol. The Bertz CT molecular complexity index is 116. The maximum absolute atomic E-state index is 11.9. The minimum atomic E-state index is -4.56. The largest absolute Gasteiger partial charge is 0.408 e. The van der Waals surface area contributed by atoms with Crippen LogP contribution in [0.4, 0.5) is 13.2 Å². The van der Waals surface area contributed by atoms with E-state index in [2.05, 4.69) is 0 Å². The summed E-state index contributed by atoms with van der Waals surface area (Å²) in [6.07, 6.45) is -4.56. The van der Waals surface area contributed by atoms with Crippen LogP contribution in [0.3, 0.4) is 0 Å². The van der Waals surface area contributed by atoms with Crippen LogP contribution in [0.1, 0.15) is 0 Å². The molecule has 0 saturated carbocycles. The van der Waals surface area contributed by atoms with E-state index in [4.69, 9.17) is 34.8 Å². The van der Waals surface area contributed by atoms with Crippen molar-refractivity contribution >= 4 is 34.8 Å². The summed E-state index contributed by atoms with van der Waals surface area (Å²) < 4.78 is 33.3. The molecule has 0 bridgehead atoms. The molecule has 1 N–H and O–H groups in total. The van der Waals surface area contributed by atoms with E-state index in [0.717, 1.165) is 7.05 Å². The van der Waals surface area contributed by atoms with Gasteiger partial charge in [-0.25, -0.2) is 0 Å². The van der Waals surface area contributed by atoms with Crippen LogP contribution in [-0.4, -0.2) is 23.1 Å². The summed E-state index contributed by atoms with van der Waals surface area (Å²) in [6, 6.07) is -2.14. The average molecular weight is 230 g/mol. The first-order chi connectivity index (χ1) is 4.69. The summed E-state index contributed by atoms with van der Waals surface area (Å²) in [7, 11) is 1.07. The van der Waals surface area contributed by atoms with E-state index in [9.17, 15) is 13.2 Å². The number of alkyl halides is 6. The standard InChI is InChI=1S/C4H5Cl3F3N/c1-11-2(3(5,6)7)4(8,9)10/h2,11H,1H3. The lowest BCUT2D eigenvalue weighted by Crippen LogP contribution is -2.49. The molecular formula is C4H5Cl3F3N. The van der Waals surface area contributed by atoms with Crippen molar-refractivity contribution < 1.29 is 13.2 Å². The quantitative estimate of drug-likeness (QED) is 0.683. The van der Waals surface area contributed by atoms with Gasteiger partial charge >= 0.3 is 6.18 Å². The highest BCUT2D eigenvalue weighted by molar-refractivity contribution is 6.68. The Balaban J connectivity index is 4.43. The number of halogens is 6. The Kier molecular flexibility index (Phi) is 3.76. The smallest absolute Gasteiger partial charge is 0.306 e. The van der Waals surface area contributed by atoms with Crippen molar-refractivity contribution in [1.82, 2.24) is 5.32 Å². The van der Waals surface area contributed by atoms with E-state index in [0.29, 0.717) is 0 Å². The molecule has 0 spiro atoms. The summed E-state index contributed by atoms with van der Waals surface area (Å²) >= 11 is 15.1. The highest BCUT2D eigenvalue weighted by Crippen LogP contribution is 2.38. The summed E-state index contributed by atoms with van der Waals surface area (Å²) in [4.78, 5) is 0. The Hall–Kier alpha value is 0.620. The number of hydrogen-bond donors (Lipinski definition) is 1. The second-order valence-corrected chi connectivity index (χ2v) is 4.17. The van der Waals surface area contributed by atoms with Gasteiger partial charge in [0.15, 0.2) is 6.04 Å². The lowest BCUT2D eigenvalue weighted by atomic mass is 10.3. The molecule has 0 aliphatic heterocycles. The molecule has 0 aromatic carbocycles. The molecule has 7 heteroatoms. The van der Waals surface area contributed by atoms with Gasteiger partial charge in [-0.05, 0) is 7.05 Å². The van der Waals surface area contributed by atoms with Crippen LogP contribution < -0.4 is 5.32 Å². The Morgan fingerprint density at radius 1 is 1.18 bits per heavy atom. The predicted octanol–water partition coefficient (Wildman–Crippen LogP) is 2.51. The Morgan fingerprint density at radius 2 is 1.55 bits per heavy atom. The normalized spacial score (nSPS) is 16.6. The molecule has 0 saturated heterocycles. The fraction of sp³-hybridized carbons (Fsp3) is 1.00. The van der Waals surface area contributed by atoms with E-state index >= 15 is 0 Å². The second-order valence-electron chi connectivity index (χ2n) is 1.80. The minimum Gasteiger partial charge on any atom is -0.306 e. The van der Waals surface area contributed by atoms with Crippen molar-refractivity contribution in [2.45, 2.75) is 16.0 Å². The van der Waals surface area contributed by atoms with Crippen LogP contribution in [0, 0.1) is 0 Å². The first kappa shape index (κ1) is 11.6. The van der Waals surface area contributed by atoms with Crippen molar-refractivity contribution in [2.75, 3.05) is 7.05 Å². The zero-order valence-electron chi connectivity index (χ0n) is 5.35. The van der Waals surface area contributed by atoms with Gasteiger partial charge in [0.2, 0.25) is 3.79 Å². The van der Waals surface area contributed by atoms with Crippen molar-refractivity contribution in [3.8, 4) is 0 Å². The summed E-state index contributed by atoms with van der Waals surface area (Å²) in [5.74, 6) is 0. The SMILES string of the molecule is CNC(C(F)(F)F)C(Cl)(Cl)Cl. The lowest BCUT2D eigenvalue weighted by Gasteiger charge is -2.25.